The molecule has 0 spiro atoms. The first kappa shape index (κ1) is 18.3. The summed E-state index contributed by atoms with van der Waals surface area (Å²) >= 11 is 0. The van der Waals surface area contributed by atoms with Crippen LogP contribution in [0.5, 0.6) is 0 Å². The monoisotopic (exact) mass is 390 g/mol. The summed E-state index contributed by atoms with van der Waals surface area (Å²) in [6.45, 7) is 5.36. The van der Waals surface area contributed by atoms with Crippen molar-refractivity contribution in [2.45, 2.75) is 38.6 Å². The minimum absolute atomic E-state index is 0.00783. The van der Waals surface area contributed by atoms with Gasteiger partial charge in [-0.25, -0.2) is 9.97 Å². The molecule has 1 amide bonds. The number of carbonyl (C=O) groups excluding carboxylic acids is 1. The van der Waals surface area contributed by atoms with Crippen LogP contribution in [0.3, 0.4) is 0 Å². The number of benzene rings is 1. The summed E-state index contributed by atoms with van der Waals surface area (Å²) in [7, 11) is 2.13. The number of hydrogen-bond donors (Lipinski definition) is 0. The van der Waals surface area contributed by atoms with Crippen LogP contribution in [0.15, 0.2) is 34.9 Å². The molecule has 0 saturated carbocycles. The summed E-state index contributed by atoms with van der Waals surface area (Å²) < 4.78 is 5.88. The molecule has 0 aliphatic carbocycles. The lowest BCUT2D eigenvalue weighted by Gasteiger charge is -2.31. The van der Waals surface area contributed by atoms with Crippen molar-refractivity contribution >= 4 is 16.9 Å². The Balaban J connectivity index is 1.29. The molecule has 2 aliphatic heterocycles. The minimum atomic E-state index is -0.00783. The van der Waals surface area contributed by atoms with E-state index in [1.54, 1.807) is 0 Å². The average Bonchev–Trinajstić information content (AvgIpc) is 3.10. The molecular formula is C23H26N4O2. The molecule has 1 aromatic carbocycles. The van der Waals surface area contributed by atoms with Gasteiger partial charge in [-0.1, -0.05) is 18.2 Å². The number of carbonyl (C=O) groups is 1. The van der Waals surface area contributed by atoms with Gasteiger partial charge in [0.25, 0.3) is 5.91 Å². The number of fused-ring (bicyclic) bond motifs is 2. The number of amides is 1. The van der Waals surface area contributed by atoms with Gasteiger partial charge >= 0.3 is 0 Å². The van der Waals surface area contributed by atoms with E-state index in [9.17, 15) is 4.79 Å². The lowest BCUT2D eigenvalue weighted by Crippen LogP contribution is -2.38. The predicted molar refractivity (Wildman–Crippen MR) is 111 cm³/mol. The number of likely N-dealkylation sites (N-methyl/N-ethyl adjacent to an activating group) is 1. The molecule has 5 rings (SSSR count). The van der Waals surface area contributed by atoms with E-state index in [1.165, 1.54) is 11.3 Å². The zero-order valence-electron chi connectivity index (χ0n) is 17.0. The van der Waals surface area contributed by atoms with E-state index in [0.29, 0.717) is 24.8 Å². The summed E-state index contributed by atoms with van der Waals surface area (Å²) in [4.78, 5) is 26.8. The molecule has 3 aromatic rings. The van der Waals surface area contributed by atoms with E-state index in [1.807, 2.05) is 42.3 Å². The van der Waals surface area contributed by atoms with Gasteiger partial charge in [-0.05, 0) is 32.9 Å². The van der Waals surface area contributed by atoms with Crippen LogP contribution in [-0.4, -0.2) is 52.4 Å². The fraction of sp³-hybridized carbons (Fsp3) is 0.435. The molecule has 6 heteroatoms. The van der Waals surface area contributed by atoms with Crippen LogP contribution in [0.2, 0.25) is 0 Å². The Morgan fingerprint density at radius 2 is 1.97 bits per heavy atom. The standard InChI is InChI=1S/C23H26N4O2/c1-15-18-5-3-4-6-20(18)29-21(15)23(28)27-11-7-16(8-12-27)22-24-13-17-14-26(2)10-9-19(17)25-22/h3-6,13,16H,7-12,14H2,1-2H3. The van der Waals surface area contributed by atoms with E-state index >= 15 is 0 Å². The van der Waals surface area contributed by atoms with E-state index < -0.39 is 0 Å². The number of para-hydroxylation sites is 1. The normalized spacial score (nSPS) is 18.2. The number of furan rings is 1. The Labute approximate surface area is 170 Å². The highest BCUT2D eigenvalue weighted by atomic mass is 16.3. The zero-order chi connectivity index (χ0) is 20.0. The van der Waals surface area contributed by atoms with Gasteiger partial charge in [0.2, 0.25) is 0 Å². The molecule has 2 aromatic heterocycles. The van der Waals surface area contributed by atoms with Crippen molar-refractivity contribution in [3.8, 4) is 0 Å². The molecule has 0 radical (unpaired) electrons. The Morgan fingerprint density at radius 3 is 2.76 bits per heavy atom. The summed E-state index contributed by atoms with van der Waals surface area (Å²) in [5.41, 5.74) is 4.15. The number of aromatic nitrogens is 2. The summed E-state index contributed by atoms with van der Waals surface area (Å²) in [6, 6.07) is 7.82. The van der Waals surface area contributed by atoms with Crippen LogP contribution >= 0.6 is 0 Å². The van der Waals surface area contributed by atoms with Crippen molar-refractivity contribution in [2.24, 2.45) is 0 Å². The van der Waals surface area contributed by atoms with Crippen LogP contribution in [-0.2, 0) is 13.0 Å². The molecule has 2 aliphatic rings. The van der Waals surface area contributed by atoms with Gasteiger partial charge in [0.05, 0.1) is 0 Å². The number of piperidine rings is 1. The van der Waals surface area contributed by atoms with Crippen LogP contribution in [0.25, 0.3) is 11.0 Å². The van der Waals surface area contributed by atoms with Crippen LogP contribution < -0.4 is 0 Å². The van der Waals surface area contributed by atoms with Gasteiger partial charge in [0.15, 0.2) is 5.76 Å². The second-order valence-corrected chi connectivity index (χ2v) is 8.31. The third-order valence-electron chi connectivity index (χ3n) is 6.33. The van der Waals surface area contributed by atoms with Crippen molar-refractivity contribution in [3.05, 3.63) is 58.9 Å². The molecule has 0 unspecified atom stereocenters. The summed E-state index contributed by atoms with van der Waals surface area (Å²) in [6.07, 6.45) is 4.78. The van der Waals surface area contributed by atoms with Gasteiger partial charge in [-0.15, -0.1) is 0 Å². The molecule has 0 N–H and O–H groups in total. The van der Waals surface area contributed by atoms with E-state index in [4.69, 9.17) is 9.40 Å². The maximum Gasteiger partial charge on any atom is 0.289 e. The van der Waals surface area contributed by atoms with Gasteiger partial charge in [-0.2, -0.15) is 0 Å². The second-order valence-electron chi connectivity index (χ2n) is 8.31. The lowest BCUT2D eigenvalue weighted by molar-refractivity contribution is 0.0680. The van der Waals surface area contributed by atoms with Crippen LogP contribution in [0, 0.1) is 6.92 Å². The predicted octanol–water partition coefficient (Wildman–Crippen LogP) is 3.54. The molecule has 0 atom stereocenters. The first-order valence-electron chi connectivity index (χ1n) is 10.4. The van der Waals surface area contributed by atoms with Gasteiger partial charge in [0, 0.05) is 66.9 Å². The molecular weight excluding hydrogens is 364 g/mol. The maximum atomic E-state index is 13.1. The second kappa shape index (κ2) is 7.26. The molecule has 1 saturated heterocycles. The largest absolute Gasteiger partial charge is 0.451 e. The topological polar surface area (TPSA) is 62.5 Å². The number of aryl methyl sites for hydroxylation is 1. The highest BCUT2D eigenvalue weighted by Crippen LogP contribution is 2.30. The van der Waals surface area contributed by atoms with Crippen LogP contribution in [0.4, 0.5) is 0 Å². The van der Waals surface area contributed by atoms with Crippen LogP contribution in [0.1, 0.15) is 52.0 Å². The number of hydrogen-bond acceptors (Lipinski definition) is 5. The number of rotatable bonds is 2. The molecule has 0 bridgehead atoms. The maximum absolute atomic E-state index is 13.1. The van der Waals surface area contributed by atoms with Gasteiger partial charge in [-0.3, -0.25) is 4.79 Å². The zero-order valence-corrected chi connectivity index (χ0v) is 17.0. The third-order valence-corrected chi connectivity index (χ3v) is 6.33. The first-order valence-corrected chi connectivity index (χ1v) is 10.4. The van der Waals surface area contributed by atoms with E-state index in [-0.39, 0.29) is 5.91 Å². The van der Waals surface area contributed by atoms with Crippen molar-refractivity contribution in [3.63, 3.8) is 0 Å². The Kier molecular flexibility index (Phi) is 4.59. The summed E-state index contributed by atoms with van der Waals surface area (Å²) in [5, 5.41) is 1.01. The molecule has 4 heterocycles. The van der Waals surface area contributed by atoms with Crippen molar-refractivity contribution in [1.82, 2.24) is 19.8 Å². The fourth-order valence-corrected chi connectivity index (χ4v) is 4.53. The number of nitrogens with zero attached hydrogens (tertiary/aromatic N) is 4. The quantitative estimate of drug-likeness (QED) is 0.670. The van der Waals surface area contributed by atoms with Crippen molar-refractivity contribution in [2.75, 3.05) is 26.7 Å². The summed E-state index contributed by atoms with van der Waals surface area (Å²) in [5.74, 6) is 1.73. The highest BCUT2D eigenvalue weighted by Gasteiger charge is 2.29. The highest BCUT2D eigenvalue weighted by molar-refractivity contribution is 5.98. The average molecular weight is 390 g/mol. The smallest absolute Gasteiger partial charge is 0.289 e. The van der Waals surface area contributed by atoms with E-state index in [2.05, 4.69) is 16.9 Å². The lowest BCUT2D eigenvalue weighted by atomic mass is 9.95. The van der Waals surface area contributed by atoms with E-state index in [0.717, 1.165) is 54.7 Å². The Bertz CT molecular complexity index is 1070. The van der Waals surface area contributed by atoms with Gasteiger partial charge in [0.1, 0.15) is 11.4 Å². The first-order chi connectivity index (χ1) is 14.1. The number of likely N-dealkylation sites (tertiary alicyclic amines) is 1. The van der Waals surface area contributed by atoms with Crippen molar-refractivity contribution in [1.29, 1.82) is 0 Å². The molecule has 29 heavy (non-hydrogen) atoms. The molecule has 6 nitrogen and oxygen atoms in total. The minimum Gasteiger partial charge on any atom is -0.451 e. The third kappa shape index (κ3) is 3.31. The Hall–Kier alpha value is -2.73. The fourth-order valence-electron chi connectivity index (χ4n) is 4.53. The SMILES string of the molecule is Cc1c(C(=O)N2CCC(c3ncc4c(n3)CCN(C)C4)CC2)oc2ccccc12. The van der Waals surface area contributed by atoms with Crippen molar-refractivity contribution < 1.29 is 9.21 Å². The molecule has 150 valence electrons. The molecule has 1 fully saturated rings. The van der Waals surface area contributed by atoms with Gasteiger partial charge < -0.3 is 14.2 Å². The Morgan fingerprint density at radius 1 is 1.17 bits per heavy atom.